The van der Waals surface area contributed by atoms with E-state index in [0.717, 1.165) is 16.8 Å². The fourth-order valence-electron chi connectivity index (χ4n) is 2.11. The Hall–Kier alpha value is -2.14. The number of nitrogens with one attached hydrogen (secondary N) is 1. The molecule has 3 rings (SSSR count). The normalized spacial score (nSPS) is 11.0. The zero-order chi connectivity index (χ0) is 14.3. The summed E-state index contributed by atoms with van der Waals surface area (Å²) < 4.78 is 15.0. The van der Waals surface area contributed by atoms with Crippen molar-refractivity contribution in [3.05, 3.63) is 47.0 Å². The maximum atomic E-state index is 13.3. The topological polar surface area (TPSA) is 42.2 Å². The van der Waals surface area contributed by atoms with Gasteiger partial charge in [0.25, 0.3) is 0 Å². The van der Waals surface area contributed by atoms with E-state index in [9.17, 15) is 4.39 Å². The van der Waals surface area contributed by atoms with Gasteiger partial charge in [-0.05, 0) is 30.7 Å². The molecule has 20 heavy (non-hydrogen) atoms. The summed E-state index contributed by atoms with van der Waals surface area (Å²) in [5.41, 5.74) is 3.17. The number of hydrogen-bond donors (Lipinski definition) is 1. The van der Waals surface area contributed by atoms with E-state index in [4.69, 9.17) is 11.6 Å². The SMILES string of the molecule is CNc1nn2ccc(C)nc2c1-c1ccc(F)c(Cl)c1. The highest BCUT2D eigenvalue weighted by Crippen LogP contribution is 2.33. The van der Waals surface area contributed by atoms with Gasteiger partial charge in [0.2, 0.25) is 0 Å². The lowest BCUT2D eigenvalue weighted by Gasteiger charge is -2.04. The molecule has 0 unspecified atom stereocenters. The highest BCUT2D eigenvalue weighted by molar-refractivity contribution is 6.31. The number of aromatic nitrogens is 3. The van der Waals surface area contributed by atoms with Crippen molar-refractivity contribution >= 4 is 23.1 Å². The second-order valence-electron chi connectivity index (χ2n) is 4.44. The van der Waals surface area contributed by atoms with Crippen molar-refractivity contribution in [3.8, 4) is 11.1 Å². The lowest BCUT2D eigenvalue weighted by Crippen LogP contribution is -1.91. The summed E-state index contributed by atoms with van der Waals surface area (Å²) in [5, 5.41) is 7.52. The summed E-state index contributed by atoms with van der Waals surface area (Å²) in [6.45, 7) is 1.91. The number of anilines is 1. The standard InChI is InChI=1S/C14H12ClFN4/c1-8-5-6-20-14(18-8)12(13(17-2)19-20)9-3-4-11(16)10(15)7-9/h3-7H,1-2H3,(H,17,19). The van der Waals surface area contributed by atoms with Crippen molar-refractivity contribution in [1.29, 1.82) is 0 Å². The predicted molar refractivity (Wildman–Crippen MR) is 77.7 cm³/mol. The Morgan fingerprint density at radius 2 is 2.10 bits per heavy atom. The van der Waals surface area contributed by atoms with Gasteiger partial charge in [0.05, 0.1) is 10.6 Å². The second kappa shape index (κ2) is 4.76. The first-order chi connectivity index (χ1) is 9.60. The maximum Gasteiger partial charge on any atom is 0.165 e. The van der Waals surface area contributed by atoms with E-state index < -0.39 is 5.82 Å². The van der Waals surface area contributed by atoms with Gasteiger partial charge in [-0.3, -0.25) is 0 Å². The highest BCUT2D eigenvalue weighted by Gasteiger charge is 2.16. The summed E-state index contributed by atoms with van der Waals surface area (Å²) in [7, 11) is 1.78. The van der Waals surface area contributed by atoms with Crippen molar-refractivity contribution in [2.45, 2.75) is 6.92 Å². The molecule has 0 radical (unpaired) electrons. The van der Waals surface area contributed by atoms with Crippen molar-refractivity contribution in [1.82, 2.24) is 14.6 Å². The zero-order valence-corrected chi connectivity index (χ0v) is 11.7. The van der Waals surface area contributed by atoms with Crippen LogP contribution in [0, 0.1) is 12.7 Å². The zero-order valence-electron chi connectivity index (χ0n) is 11.0. The largest absolute Gasteiger partial charge is 0.371 e. The quantitative estimate of drug-likeness (QED) is 0.785. The summed E-state index contributed by atoms with van der Waals surface area (Å²) >= 11 is 5.87. The Bertz CT molecular complexity index is 797. The first kappa shape index (κ1) is 12.9. The minimum atomic E-state index is -0.443. The molecule has 1 N–H and O–H groups in total. The van der Waals surface area contributed by atoms with Crippen molar-refractivity contribution in [2.24, 2.45) is 0 Å². The molecule has 2 aromatic heterocycles. The number of aryl methyl sites for hydroxylation is 1. The minimum Gasteiger partial charge on any atom is -0.371 e. The van der Waals surface area contributed by atoms with Crippen molar-refractivity contribution in [3.63, 3.8) is 0 Å². The van der Waals surface area contributed by atoms with E-state index in [1.54, 1.807) is 23.7 Å². The average Bonchev–Trinajstić information content (AvgIpc) is 2.79. The predicted octanol–water partition coefficient (Wildman–Crippen LogP) is 3.54. The van der Waals surface area contributed by atoms with Gasteiger partial charge >= 0.3 is 0 Å². The Balaban J connectivity index is 2.32. The average molecular weight is 291 g/mol. The molecule has 0 bridgehead atoms. The molecule has 0 saturated carbocycles. The van der Waals surface area contributed by atoms with E-state index in [1.165, 1.54) is 6.07 Å². The first-order valence-electron chi connectivity index (χ1n) is 6.09. The smallest absolute Gasteiger partial charge is 0.165 e. The first-order valence-corrected chi connectivity index (χ1v) is 6.47. The van der Waals surface area contributed by atoms with Gasteiger partial charge in [0.15, 0.2) is 11.5 Å². The molecule has 0 aliphatic carbocycles. The van der Waals surface area contributed by atoms with Crippen LogP contribution < -0.4 is 5.32 Å². The third-order valence-corrected chi connectivity index (χ3v) is 3.36. The molecular weight excluding hydrogens is 279 g/mol. The Morgan fingerprint density at radius 3 is 2.80 bits per heavy atom. The van der Waals surface area contributed by atoms with Crippen LogP contribution in [0.2, 0.25) is 5.02 Å². The summed E-state index contributed by atoms with van der Waals surface area (Å²) in [4.78, 5) is 4.50. The van der Waals surface area contributed by atoms with Crippen LogP contribution in [-0.4, -0.2) is 21.6 Å². The van der Waals surface area contributed by atoms with Gasteiger partial charge in [0, 0.05) is 18.9 Å². The molecule has 2 heterocycles. The fraction of sp³-hybridized carbons (Fsp3) is 0.143. The van der Waals surface area contributed by atoms with Gasteiger partial charge in [0.1, 0.15) is 5.82 Å². The third kappa shape index (κ3) is 2.00. The molecule has 3 aromatic rings. The molecule has 6 heteroatoms. The molecule has 1 aromatic carbocycles. The number of fused-ring (bicyclic) bond motifs is 1. The molecule has 0 fully saturated rings. The van der Waals surface area contributed by atoms with Crippen LogP contribution in [0.15, 0.2) is 30.5 Å². The molecule has 0 atom stereocenters. The summed E-state index contributed by atoms with van der Waals surface area (Å²) in [5.74, 6) is 0.229. The number of nitrogens with zero attached hydrogens (tertiary/aromatic N) is 3. The van der Waals surface area contributed by atoms with Gasteiger partial charge in [-0.1, -0.05) is 17.7 Å². The molecule has 0 spiro atoms. The van der Waals surface area contributed by atoms with Gasteiger partial charge in [-0.2, -0.15) is 0 Å². The fourth-order valence-corrected chi connectivity index (χ4v) is 2.29. The maximum absolute atomic E-state index is 13.3. The van der Waals surface area contributed by atoms with Gasteiger partial charge < -0.3 is 5.32 Å². The Kier molecular flexibility index (Phi) is 3.06. The van der Waals surface area contributed by atoms with E-state index in [0.29, 0.717) is 11.5 Å². The van der Waals surface area contributed by atoms with E-state index in [2.05, 4.69) is 15.4 Å². The Labute approximate surface area is 120 Å². The lowest BCUT2D eigenvalue weighted by molar-refractivity contribution is 0.628. The molecule has 0 amide bonds. The summed E-state index contributed by atoms with van der Waals surface area (Å²) in [6.07, 6.45) is 1.84. The highest BCUT2D eigenvalue weighted by atomic mass is 35.5. The van der Waals surface area contributed by atoms with Crippen LogP contribution in [0.1, 0.15) is 5.69 Å². The Morgan fingerprint density at radius 1 is 1.30 bits per heavy atom. The van der Waals surface area contributed by atoms with Crippen LogP contribution in [0.5, 0.6) is 0 Å². The summed E-state index contributed by atoms with van der Waals surface area (Å²) in [6, 6.07) is 6.47. The monoisotopic (exact) mass is 290 g/mol. The lowest BCUT2D eigenvalue weighted by atomic mass is 10.1. The van der Waals surface area contributed by atoms with Crippen molar-refractivity contribution in [2.75, 3.05) is 12.4 Å². The minimum absolute atomic E-state index is 0.0801. The van der Waals surface area contributed by atoms with E-state index >= 15 is 0 Å². The molecule has 0 aliphatic rings. The van der Waals surface area contributed by atoms with E-state index in [-0.39, 0.29) is 5.02 Å². The van der Waals surface area contributed by atoms with Crippen LogP contribution in [0.3, 0.4) is 0 Å². The number of halogens is 2. The van der Waals surface area contributed by atoms with Gasteiger partial charge in [-0.25, -0.2) is 13.9 Å². The molecule has 0 aliphatic heterocycles. The van der Waals surface area contributed by atoms with Gasteiger partial charge in [-0.15, -0.1) is 5.10 Å². The van der Waals surface area contributed by atoms with Crippen LogP contribution in [0.25, 0.3) is 16.8 Å². The molecule has 0 saturated heterocycles. The molecule has 102 valence electrons. The number of rotatable bonds is 2. The second-order valence-corrected chi connectivity index (χ2v) is 4.85. The number of hydrogen-bond acceptors (Lipinski definition) is 3. The van der Waals surface area contributed by atoms with Crippen LogP contribution in [0.4, 0.5) is 10.2 Å². The molecule has 4 nitrogen and oxygen atoms in total. The van der Waals surface area contributed by atoms with Crippen LogP contribution >= 0.6 is 11.6 Å². The third-order valence-electron chi connectivity index (χ3n) is 3.07. The van der Waals surface area contributed by atoms with E-state index in [1.807, 2.05) is 19.2 Å². The number of benzene rings is 1. The molecular formula is C14H12ClFN4. The van der Waals surface area contributed by atoms with Crippen LogP contribution in [-0.2, 0) is 0 Å². The van der Waals surface area contributed by atoms with Crippen molar-refractivity contribution < 1.29 is 4.39 Å².